The van der Waals surface area contributed by atoms with Crippen molar-refractivity contribution in [2.45, 2.75) is 0 Å². The van der Waals surface area contributed by atoms with Crippen molar-refractivity contribution in [3.8, 4) is 11.8 Å². The van der Waals surface area contributed by atoms with Crippen LogP contribution in [0.5, 0.6) is 11.8 Å². The standard InChI is InChI=1S/C10H10N4O3S/c1-16-7-3-8(17-2)13-10(12-7)14-9(15)6-4-18-5-11-6/h3-5H,1-2H3,(H,12,13,14,15). The molecule has 0 radical (unpaired) electrons. The molecular weight excluding hydrogens is 256 g/mol. The fraction of sp³-hybridized carbons (Fsp3) is 0.200. The van der Waals surface area contributed by atoms with E-state index in [9.17, 15) is 4.79 Å². The lowest BCUT2D eigenvalue weighted by molar-refractivity contribution is 0.102. The quantitative estimate of drug-likeness (QED) is 0.895. The molecule has 0 bridgehead atoms. The molecule has 1 N–H and O–H groups in total. The van der Waals surface area contributed by atoms with E-state index >= 15 is 0 Å². The highest BCUT2D eigenvalue weighted by molar-refractivity contribution is 7.07. The Kier molecular flexibility index (Phi) is 3.68. The van der Waals surface area contributed by atoms with Crippen molar-refractivity contribution in [2.24, 2.45) is 0 Å². The Labute approximate surface area is 107 Å². The normalized spacial score (nSPS) is 9.89. The van der Waals surface area contributed by atoms with E-state index in [1.165, 1.54) is 31.6 Å². The van der Waals surface area contributed by atoms with Gasteiger partial charge in [-0.05, 0) is 0 Å². The Balaban J connectivity index is 2.20. The first-order valence-corrected chi connectivity index (χ1v) is 5.84. The minimum atomic E-state index is -0.383. The fourth-order valence-electron chi connectivity index (χ4n) is 1.16. The molecule has 0 atom stereocenters. The van der Waals surface area contributed by atoms with Crippen LogP contribution in [0.3, 0.4) is 0 Å². The summed E-state index contributed by atoms with van der Waals surface area (Å²) in [6.45, 7) is 0. The van der Waals surface area contributed by atoms with Crippen molar-refractivity contribution in [1.82, 2.24) is 15.0 Å². The van der Waals surface area contributed by atoms with Gasteiger partial charge < -0.3 is 9.47 Å². The second-order valence-electron chi connectivity index (χ2n) is 3.10. The van der Waals surface area contributed by atoms with Crippen LogP contribution >= 0.6 is 11.3 Å². The molecule has 0 saturated carbocycles. The van der Waals surface area contributed by atoms with Gasteiger partial charge in [-0.2, -0.15) is 9.97 Å². The summed E-state index contributed by atoms with van der Waals surface area (Å²) in [4.78, 5) is 23.6. The van der Waals surface area contributed by atoms with Crippen LogP contribution in [0.15, 0.2) is 17.0 Å². The van der Waals surface area contributed by atoms with Gasteiger partial charge in [-0.15, -0.1) is 11.3 Å². The topological polar surface area (TPSA) is 86.2 Å². The number of nitrogens with one attached hydrogen (secondary N) is 1. The van der Waals surface area contributed by atoms with Gasteiger partial charge in [0.15, 0.2) is 0 Å². The van der Waals surface area contributed by atoms with Crippen molar-refractivity contribution >= 4 is 23.2 Å². The molecule has 1 amide bonds. The first-order valence-electron chi connectivity index (χ1n) is 4.89. The van der Waals surface area contributed by atoms with Gasteiger partial charge in [-0.25, -0.2) is 4.98 Å². The Morgan fingerprint density at radius 2 is 1.94 bits per heavy atom. The predicted octanol–water partition coefficient (Wildman–Crippen LogP) is 1.20. The third kappa shape index (κ3) is 2.72. The summed E-state index contributed by atoms with van der Waals surface area (Å²) >= 11 is 1.33. The molecule has 2 aromatic rings. The highest BCUT2D eigenvalue weighted by Crippen LogP contribution is 2.17. The Bertz CT molecular complexity index is 522. The summed E-state index contributed by atoms with van der Waals surface area (Å²) in [6, 6.07) is 1.51. The van der Waals surface area contributed by atoms with Gasteiger partial charge in [0.1, 0.15) is 5.69 Å². The average Bonchev–Trinajstić information content (AvgIpc) is 2.92. The van der Waals surface area contributed by atoms with Crippen molar-refractivity contribution in [1.29, 1.82) is 0 Å². The highest BCUT2D eigenvalue weighted by Gasteiger charge is 2.12. The molecule has 0 spiro atoms. The molecule has 94 valence electrons. The molecule has 2 rings (SSSR count). The van der Waals surface area contributed by atoms with Crippen LogP contribution in [0.1, 0.15) is 10.5 Å². The van der Waals surface area contributed by atoms with Gasteiger partial charge in [0.05, 0.1) is 25.8 Å². The smallest absolute Gasteiger partial charge is 0.277 e. The van der Waals surface area contributed by atoms with E-state index in [2.05, 4.69) is 20.3 Å². The van der Waals surface area contributed by atoms with Gasteiger partial charge >= 0.3 is 0 Å². The number of amides is 1. The van der Waals surface area contributed by atoms with Gasteiger partial charge in [0, 0.05) is 5.38 Å². The molecule has 8 heteroatoms. The first-order chi connectivity index (χ1) is 8.72. The Hall–Kier alpha value is -2.22. The second kappa shape index (κ2) is 5.41. The fourth-order valence-corrected chi connectivity index (χ4v) is 1.69. The average molecular weight is 266 g/mol. The molecule has 7 nitrogen and oxygen atoms in total. The van der Waals surface area contributed by atoms with Crippen LogP contribution < -0.4 is 14.8 Å². The zero-order valence-corrected chi connectivity index (χ0v) is 10.5. The molecule has 0 aliphatic heterocycles. The third-order valence-corrected chi connectivity index (χ3v) is 2.57. The Morgan fingerprint density at radius 3 is 2.44 bits per heavy atom. The maximum atomic E-state index is 11.7. The van der Waals surface area contributed by atoms with Gasteiger partial charge in [-0.3, -0.25) is 10.1 Å². The molecule has 0 saturated heterocycles. The molecule has 0 aromatic carbocycles. The number of hydrogen-bond donors (Lipinski definition) is 1. The van der Waals surface area contributed by atoms with Crippen molar-refractivity contribution in [3.63, 3.8) is 0 Å². The van der Waals surface area contributed by atoms with E-state index in [-0.39, 0.29) is 11.9 Å². The number of anilines is 1. The largest absolute Gasteiger partial charge is 0.481 e. The number of rotatable bonds is 4. The number of carbonyl (C=O) groups excluding carboxylic acids is 1. The van der Waals surface area contributed by atoms with E-state index in [1.807, 2.05) is 0 Å². The zero-order valence-electron chi connectivity index (χ0n) is 9.71. The van der Waals surface area contributed by atoms with Crippen molar-refractivity contribution < 1.29 is 14.3 Å². The number of methoxy groups -OCH3 is 2. The summed E-state index contributed by atoms with van der Waals surface area (Å²) in [6.07, 6.45) is 0. The maximum absolute atomic E-state index is 11.7. The molecule has 2 aromatic heterocycles. The number of carbonyl (C=O) groups is 1. The highest BCUT2D eigenvalue weighted by atomic mass is 32.1. The summed E-state index contributed by atoms with van der Waals surface area (Å²) < 4.78 is 9.95. The number of hydrogen-bond acceptors (Lipinski definition) is 7. The molecular formula is C10H10N4O3S. The first kappa shape index (κ1) is 12.2. The van der Waals surface area contributed by atoms with Crippen molar-refractivity contribution in [3.05, 3.63) is 22.7 Å². The van der Waals surface area contributed by atoms with E-state index in [4.69, 9.17) is 9.47 Å². The summed E-state index contributed by atoms with van der Waals surface area (Å²) in [5.74, 6) is 0.321. The van der Waals surface area contributed by atoms with Crippen LogP contribution in [0, 0.1) is 0 Å². The minimum Gasteiger partial charge on any atom is -0.481 e. The third-order valence-electron chi connectivity index (χ3n) is 1.99. The van der Waals surface area contributed by atoms with Crippen LogP contribution in [0.2, 0.25) is 0 Å². The van der Waals surface area contributed by atoms with E-state index in [0.29, 0.717) is 17.5 Å². The van der Waals surface area contributed by atoms with Crippen LogP contribution in [0.25, 0.3) is 0 Å². The van der Waals surface area contributed by atoms with E-state index in [0.717, 1.165) is 0 Å². The molecule has 18 heavy (non-hydrogen) atoms. The summed E-state index contributed by atoms with van der Waals surface area (Å²) in [7, 11) is 2.93. The van der Waals surface area contributed by atoms with Gasteiger partial charge in [0.2, 0.25) is 17.7 Å². The minimum absolute atomic E-state index is 0.101. The number of aromatic nitrogens is 3. The van der Waals surface area contributed by atoms with Crippen LogP contribution in [-0.2, 0) is 0 Å². The molecule has 0 unspecified atom stereocenters. The molecule has 0 aliphatic rings. The van der Waals surface area contributed by atoms with E-state index < -0.39 is 0 Å². The molecule has 0 aliphatic carbocycles. The van der Waals surface area contributed by atoms with Gasteiger partial charge in [-0.1, -0.05) is 0 Å². The monoisotopic (exact) mass is 266 g/mol. The maximum Gasteiger partial charge on any atom is 0.277 e. The number of nitrogens with zero attached hydrogens (tertiary/aromatic N) is 3. The number of ether oxygens (including phenoxy) is 2. The lowest BCUT2D eigenvalue weighted by Gasteiger charge is -2.06. The second-order valence-corrected chi connectivity index (χ2v) is 3.82. The molecule has 2 heterocycles. The van der Waals surface area contributed by atoms with Gasteiger partial charge in [0.25, 0.3) is 5.91 Å². The predicted molar refractivity (Wildman–Crippen MR) is 65.2 cm³/mol. The summed E-state index contributed by atoms with van der Waals surface area (Å²) in [5.41, 5.74) is 1.88. The SMILES string of the molecule is COc1cc(OC)nc(NC(=O)c2cscn2)n1. The molecule has 0 fully saturated rings. The lowest BCUT2D eigenvalue weighted by Crippen LogP contribution is -2.15. The lowest BCUT2D eigenvalue weighted by atomic mass is 10.4. The Morgan fingerprint density at radius 1 is 1.28 bits per heavy atom. The summed E-state index contributed by atoms with van der Waals surface area (Å²) in [5, 5.41) is 4.15. The van der Waals surface area contributed by atoms with E-state index in [1.54, 1.807) is 10.9 Å². The van der Waals surface area contributed by atoms with Crippen molar-refractivity contribution in [2.75, 3.05) is 19.5 Å². The number of thiazole rings is 1. The van der Waals surface area contributed by atoms with Crippen LogP contribution in [0.4, 0.5) is 5.95 Å². The van der Waals surface area contributed by atoms with Crippen LogP contribution in [-0.4, -0.2) is 35.1 Å². The zero-order chi connectivity index (χ0) is 13.0.